The molecule has 0 aromatic rings. The third-order valence-corrected chi connectivity index (χ3v) is 3.92. The van der Waals surface area contributed by atoms with Gasteiger partial charge in [-0.05, 0) is 46.2 Å². The van der Waals surface area contributed by atoms with E-state index in [2.05, 4.69) is 18.3 Å². The SMILES string of the molecule is CCCCCCCCCCNCCCCC(C)(C)C#N. The Hall–Kier alpha value is -0.550. The van der Waals surface area contributed by atoms with Gasteiger partial charge in [-0.15, -0.1) is 0 Å². The Morgan fingerprint density at radius 1 is 0.800 bits per heavy atom. The third kappa shape index (κ3) is 13.9. The van der Waals surface area contributed by atoms with Crippen LogP contribution in [-0.4, -0.2) is 13.1 Å². The van der Waals surface area contributed by atoms with Crippen molar-refractivity contribution in [2.45, 2.75) is 91.4 Å². The normalized spacial score (nSPS) is 11.5. The van der Waals surface area contributed by atoms with E-state index >= 15 is 0 Å². The molecule has 118 valence electrons. The van der Waals surface area contributed by atoms with Gasteiger partial charge in [-0.3, -0.25) is 0 Å². The molecule has 0 spiro atoms. The van der Waals surface area contributed by atoms with Gasteiger partial charge >= 0.3 is 0 Å². The molecule has 0 bridgehead atoms. The van der Waals surface area contributed by atoms with E-state index in [4.69, 9.17) is 5.26 Å². The number of nitrogens with zero attached hydrogens (tertiary/aromatic N) is 1. The van der Waals surface area contributed by atoms with Crippen LogP contribution in [0.4, 0.5) is 0 Å². The van der Waals surface area contributed by atoms with E-state index in [1.165, 1.54) is 57.8 Å². The van der Waals surface area contributed by atoms with Crippen LogP contribution >= 0.6 is 0 Å². The van der Waals surface area contributed by atoms with Crippen LogP contribution in [0.15, 0.2) is 0 Å². The molecule has 0 atom stereocenters. The summed E-state index contributed by atoms with van der Waals surface area (Å²) < 4.78 is 0. The molecule has 0 rings (SSSR count). The molecule has 1 N–H and O–H groups in total. The summed E-state index contributed by atoms with van der Waals surface area (Å²) in [4.78, 5) is 0. The molecule has 0 aliphatic heterocycles. The highest BCUT2D eigenvalue weighted by atomic mass is 14.8. The number of nitrogens with one attached hydrogen (secondary N) is 1. The van der Waals surface area contributed by atoms with Crippen LogP contribution in [0.25, 0.3) is 0 Å². The second-order valence-electron chi connectivity index (χ2n) is 6.68. The molecule has 0 aromatic heterocycles. The molecule has 0 aromatic carbocycles. The van der Waals surface area contributed by atoms with Gasteiger partial charge in [-0.25, -0.2) is 0 Å². The van der Waals surface area contributed by atoms with Crippen molar-refractivity contribution in [3.05, 3.63) is 0 Å². The summed E-state index contributed by atoms with van der Waals surface area (Å²) in [6, 6.07) is 2.36. The Morgan fingerprint density at radius 3 is 1.85 bits per heavy atom. The molecule has 0 fully saturated rings. The predicted molar refractivity (Wildman–Crippen MR) is 88.7 cm³/mol. The molecule has 0 heterocycles. The highest BCUT2D eigenvalue weighted by molar-refractivity contribution is 4.91. The summed E-state index contributed by atoms with van der Waals surface area (Å²) in [6.07, 6.45) is 14.5. The molecule has 20 heavy (non-hydrogen) atoms. The minimum atomic E-state index is -0.141. The molecule has 0 unspecified atom stereocenters. The quantitative estimate of drug-likeness (QED) is 0.430. The van der Waals surface area contributed by atoms with Crippen LogP contribution < -0.4 is 5.32 Å². The molecule has 2 heteroatoms. The van der Waals surface area contributed by atoms with Gasteiger partial charge in [0, 0.05) is 0 Å². The van der Waals surface area contributed by atoms with Crippen molar-refractivity contribution in [1.82, 2.24) is 5.32 Å². The first-order valence-corrected chi connectivity index (χ1v) is 8.74. The zero-order valence-electron chi connectivity index (χ0n) is 14.1. The fraction of sp³-hybridized carbons (Fsp3) is 0.944. The van der Waals surface area contributed by atoms with Crippen LogP contribution in [0.5, 0.6) is 0 Å². The number of nitriles is 1. The first-order valence-electron chi connectivity index (χ1n) is 8.74. The first-order chi connectivity index (χ1) is 9.62. The molecule has 0 radical (unpaired) electrons. The van der Waals surface area contributed by atoms with Gasteiger partial charge in [0.1, 0.15) is 0 Å². The lowest BCUT2D eigenvalue weighted by molar-refractivity contribution is 0.421. The van der Waals surface area contributed by atoms with Gasteiger partial charge in [-0.2, -0.15) is 5.26 Å². The third-order valence-electron chi connectivity index (χ3n) is 3.92. The van der Waals surface area contributed by atoms with E-state index in [0.29, 0.717) is 0 Å². The lowest BCUT2D eigenvalue weighted by atomic mass is 9.89. The fourth-order valence-corrected chi connectivity index (χ4v) is 2.38. The van der Waals surface area contributed by atoms with Crippen LogP contribution in [0, 0.1) is 16.7 Å². The van der Waals surface area contributed by atoms with Gasteiger partial charge in [0.05, 0.1) is 11.5 Å². The van der Waals surface area contributed by atoms with E-state index < -0.39 is 0 Å². The summed E-state index contributed by atoms with van der Waals surface area (Å²) in [7, 11) is 0. The maximum absolute atomic E-state index is 8.92. The Morgan fingerprint density at radius 2 is 1.30 bits per heavy atom. The van der Waals surface area contributed by atoms with Crippen molar-refractivity contribution in [3.63, 3.8) is 0 Å². The van der Waals surface area contributed by atoms with E-state index in [-0.39, 0.29) is 5.41 Å². The Balaban J connectivity index is 3.09. The maximum Gasteiger partial charge on any atom is 0.0683 e. The zero-order chi connectivity index (χ0) is 15.1. The molecular formula is C18H36N2. The minimum absolute atomic E-state index is 0.141. The Labute approximate surface area is 127 Å². The van der Waals surface area contributed by atoms with Gasteiger partial charge < -0.3 is 5.32 Å². The smallest absolute Gasteiger partial charge is 0.0683 e. The number of hydrogen-bond donors (Lipinski definition) is 1. The molecule has 0 aliphatic carbocycles. The summed E-state index contributed by atoms with van der Waals surface area (Å²) >= 11 is 0. The lowest BCUT2D eigenvalue weighted by Gasteiger charge is -2.14. The average Bonchev–Trinajstić information content (AvgIpc) is 2.44. The van der Waals surface area contributed by atoms with E-state index in [9.17, 15) is 0 Å². The number of rotatable bonds is 14. The summed E-state index contributed by atoms with van der Waals surface area (Å²) in [5.41, 5.74) is -0.141. The zero-order valence-corrected chi connectivity index (χ0v) is 14.1. The summed E-state index contributed by atoms with van der Waals surface area (Å²) in [5, 5.41) is 12.4. The van der Waals surface area contributed by atoms with Crippen molar-refractivity contribution >= 4 is 0 Å². The number of hydrogen-bond acceptors (Lipinski definition) is 2. The van der Waals surface area contributed by atoms with Gasteiger partial charge in [-0.1, -0.05) is 58.3 Å². The second-order valence-corrected chi connectivity index (χ2v) is 6.68. The predicted octanol–water partition coefficient (Wildman–Crippen LogP) is 5.44. The van der Waals surface area contributed by atoms with Gasteiger partial charge in [0.2, 0.25) is 0 Å². The second kappa shape index (κ2) is 13.4. The average molecular weight is 280 g/mol. The molecule has 0 aliphatic rings. The largest absolute Gasteiger partial charge is 0.317 e. The fourth-order valence-electron chi connectivity index (χ4n) is 2.38. The Bertz CT molecular complexity index is 240. The van der Waals surface area contributed by atoms with Crippen molar-refractivity contribution in [2.75, 3.05) is 13.1 Å². The standard InChI is InChI=1S/C18H36N2/c1-4-5-6-7-8-9-10-12-15-20-16-13-11-14-18(2,3)17-19/h20H,4-16H2,1-3H3. The minimum Gasteiger partial charge on any atom is -0.317 e. The van der Waals surface area contributed by atoms with Crippen molar-refractivity contribution in [1.29, 1.82) is 5.26 Å². The van der Waals surface area contributed by atoms with Crippen LogP contribution in [0.1, 0.15) is 91.4 Å². The highest BCUT2D eigenvalue weighted by Gasteiger charge is 2.14. The summed E-state index contributed by atoms with van der Waals surface area (Å²) in [6.45, 7) is 8.60. The van der Waals surface area contributed by atoms with Crippen LogP contribution in [-0.2, 0) is 0 Å². The monoisotopic (exact) mass is 280 g/mol. The van der Waals surface area contributed by atoms with Crippen LogP contribution in [0.2, 0.25) is 0 Å². The summed E-state index contributed by atoms with van der Waals surface area (Å²) in [5.74, 6) is 0. The Kier molecular flexibility index (Phi) is 13.1. The maximum atomic E-state index is 8.92. The van der Waals surface area contributed by atoms with Crippen LogP contribution in [0.3, 0.4) is 0 Å². The van der Waals surface area contributed by atoms with Gasteiger partial charge in [0.15, 0.2) is 0 Å². The van der Waals surface area contributed by atoms with E-state index in [0.717, 1.165) is 25.9 Å². The number of unbranched alkanes of at least 4 members (excludes halogenated alkanes) is 8. The molecule has 0 saturated carbocycles. The van der Waals surface area contributed by atoms with E-state index in [1.54, 1.807) is 0 Å². The topological polar surface area (TPSA) is 35.8 Å². The van der Waals surface area contributed by atoms with E-state index in [1.807, 2.05) is 13.8 Å². The van der Waals surface area contributed by atoms with Gasteiger partial charge in [0.25, 0.3) is 0 Å². The van der Waals surface area contributed by atoms with Crippen molar-refractivity contribution in [3.8, 4) is 6.07 Å². The lowest BCUT2D eigenvalue weighted by Crippen LogP contribution is -2.17. The molecule has 2 nitrogen and oxygen atoms in total. The molecular weight excluding hydrogens is 244 g/mol. The molecule has 0 amide bonds. The first kappa shape index (κ1) is 19.4. The molecule has 0 saturated heterocycles. The highest BCUT2D eigenvalue weighted by Crippen LogP contribution is 2.21. The van der Waals surface area contributed by atoms with Crippen molar-refractivity contribution in [2.24, 2.45) is 5.41 Å². The van der Waals surface area contributed by atoms with Crippen molar-refractivity contribution < 1.29 is 0 Å².